The van der Waals surface area contributed by atoms with Crippen molar-refractivity contribution in [2.24, 2.45) is 0 Å². The van der Waals surface area contributed by atoms with Gasteiger partial charge in [0.15, 0.2) is 0 Å². The van der Waals surface area contributed by atoms with Crippen LogP contribution in [0.25, 0.3) is 0 Å². The highest BCUT2D eigenvalue weighted by atomic mass is 32.2. The van der Waals surface area contributed by atoms with Crippen molar-refractivity contribution in [2.45, 2.75) is 82.4 Å². The SMILES string of the molecule is CCCCCCCCCCCCc1ccccc1S(=O)(=O)[O-].C[N+](C)(C)C. The number of nitrogens with zero attached hydrogens (tertiary/aromatic N) is 1. The molecule has 27 heavy (non-hydrogen) atoms. The van der Waals surface area contributed by atoms with E-state index in [0.717, 1.165) is 17.3 Å². The molecule has 1 rings (SSSR count). The molecule has 5 heteroatoms. The van der Waals surface area contributed by atoms with Crippen LogP contribution in [0, 0.1) is 0 Å². The molecule has 0 aliphatic carbocycles. The zero-order chi connectivity index (χ0) is 20.8. The molecule has 0 aromatic heterocycles. The van der Waals surface area contributed by atoms with Gasteiger partial charge in [0.1, 0.15) is 10.1 Å². The lowest BCUT2D eigenvalue weighted by molar-refractivity contribution is -0.849. The first-order valence-corrected chi connectivity index (χ1v) is 11.8. The number of hydrogen-bond acceptors (Lipinski definition) is 3. The number of unbranched alkanes of at least 4 members (excludes halogenated alkanes) is 9. The van der Waals surface area contributed by atoms with Gasteiger partial charge in [-0.25, -0.2) is 8.42 Å². The average molecular weight is 400 g/mol. The zero-order valence-electron chi connectivity index (χ0n) is 18.2. The van der Waals surface area contributed by atoms with Gasteiger partial charge in [0.05, 0.1) is 33.1 Å². The van der Waals surface area contributed by atoms with Crippen molar-refractivity contribution in [2.75, 3.05) is 28.2 Å². The molecule has 0 fully saturated rings. The Morgan fingerprint density at radius 3 is 1.63 bits per heavy atom. The quantitative estimate of drug-likeness (QED) is 0.269. The maximum Gasteiger partial charge on any atom is 0.124 e. The molecule has 158 valence electrons. The van der Waals surface area contributed by atoms with E-state index in [2.05, 4.69) is 35.1 Å². The van der Waals surface area contributed by atoms with Gasteiger partial charge < -0.3 is 9.04 Å². The summed E-state index contributed by atoms with van der Waals surface area (Å²) in [4.78, 5) is -0.0501. The molecule has 0 aliphatic rings. The standard InChI is InChI=1S/C18H30O3S.C4H12N/c1-2-3-4-5-6-7-8-9-10-11-14-17-15-12-13-16-18(17)22(19,20)21;1-5(2,3)4/h12-13,15-16H,2-11,14H2,1H3,(H,19,20,21);1-4H3/q;+1/p-1. The van der Waals surface area contributed by atoms with Gasteiger partial charge in [0, 0.05) is 0 Å². The van der Waals surface area contributed by atoms with Gasteiger partial charge in [-0.15, -0.1) is 0 Å². The van der Waals surface area contributed by atoms with Crippen LogP contribution < -0.4 is 0 Å². The Morgan fingerprint density at radius 2 is 1.19 bits per heavy atom. The van der Waals surface area contributed by atoms with Crippen molar-refractivity contribution in [1.82, 2.24) is 0 Å². The maximum atomic E-state index is 11.2. The Balaban J connectivity index is 0.00000119. The Kier molecular flexibility index (Phi) is 13.7. The van der Waals surface area contributed by atoms with E-state index in [1.807, 2.05) is 0 Å². The topological polar surface area (TPSA) is 57.2 Å². The average Bonchev–Trinajstić information content (AvgIpc) is 2.54. The van der Waals surface area contributed by atoms with Crippen molar-refractivity contribution in [1.29, 1.82) is 0 Å². The van der Waals surface area contributed by atoms with Crippen molar-refractivity contribution in [3.05, 3.63) is 29.8 Å². The minimum absolute atomic E-state index is 0.0501. The highest BCUT2D eigenvalue weighted by Crippen LogP contribution is 2.18. The second-order valence-corrected chi connectivity index (χ2v) is 10.0. The second kappa shape index (κ2) is 14.1. The molecule has 0 amide bonds. The minimum Gasteiger partial charge on any atom is -0.744 e. The lowest BCUT2D eigenvalue weighted by Crippen LogP contribution is -2.27. The van der Waals surface area contributed by atoms with Crippen LogP contribution in [0.2, 0.25) is 0 Å². The first kappa shape index (κ1) is 26.1. The van der Waals surface area contributed by atoms with Gasteiger partial charge in [-0.2, -0.15) is 0 Å². The van der Waals surface area contributed by atoms with Gasteiger partial charge >= 0.3 is 0 Å². The molecule has 1 aromatic carbocycles. The molecule has 0 atom stereocenters. The molecule has 0 N–H and O–H groups in total. The first-order chi connectivity index (χ1) is 12.6. The third-order valence-electron chi connectivity index (χ3n) is 4.04. The predicted octanol–water partition coefficient (Wildman–Crippen LogP) is 5.38. The smallest absolute Gasteiger partial charge is 0.124 e. The summed E-state index contributed by atoms with van der Waals surface area (Å²) in [6.45, 7) is 2.23. The zero-order valence-corrected chi connectivity index (χ0v) is 19.0. The summed E-state index contributed by atoms with van der Waals surface area (Å²) in [6, 6.07) is 6.56. The number of rotatable bonds is 12. The van der Waals surface area contributed by atoms with E-state index in [4.69, 9.17) is 0 Å². The second-order valence-electron chi connectivity index (χ2n) is 8.68. The van der Waals surface area contributed by atoms with Crippen molar-refractivity contribution in [3.8, 4) is 0 Å². The molecule has 1 aromatic rings. The lowest BCUT2D eigenvalue weighted by atomic mass is 10.0. The summed E-state index contributed by atoms with van der Waals surface area (Å²) >= 11 is 0. The van der Waals surface area contributed by atoms with Crippen LogP contribution in [0.5, 0.6) is 0 Å². The summed E-state index contributed by atoms with van der Waals surface area (Å²) in [5.74, 6) is 0. The van der Waals surface area contributed by atoms with Crippen LogP contribution in [0.4, 0.5) is 0 Å². The summed E-state index contributed by atoms with van der Waals surface area (Å²) in [5, 5.41) is 0. The van der Waals surface area contributed by atoms with Gasteiger partial charge in [0.2, 0.25) is 0 Å². The van der Waals surface area contributed by atoms with E-state index in [1.54, 1.807) is 18.2 Å². The maximum absolute atomic E-state index is 11.2. The van der Waals surface area contributed by atoms with Crippen molar-refractivity contribution in [3.63, 3.8) is 0 Å². The summed E-state index contributed by atoms with van der Waals surface area (Å²) in [5.41, 5.74) is 0.664. The summed E-state index contributed by atoms with van der Waals surface area (Å²) in [7, 11) is 4.15. The van der Waals surface area contributed by atoms with Gasteiger partial charge in [-0.1, -0.05) is 82.9 Å². The molecular formula is C22H41NO3S. The fourth-order valence-corrected chi connectivity index (χ4v) is 3.49. The van der Waals surface area contributed by atoms with Crippen LogP contribution in [0.15, 0.2) is 29.2 Å². The molecule has 0 bridgehead atoms. The van der Waals surface area contributed by atoms with E-state index in [0.29, 0.717) is 12.0 Å². The fourth-order valence-electron chi connectivity index (χ4n) is 2.76. The molecule has 0 unspecified atom stereocenters. The molecule has 0 saturated heterocycles. The monoisotopic (exact) mass is 399 g/mol. The number of quaternary nitrogens is 1. The van der Waals surface area contributed by atoms with E-state index >= 15 is 0 Å². The van der Waals surface area contributed by atoms with Crippen molar-refractivity contribution < 1.29 is 17.5 Å². The lowest BCUT2D eigenvalue weighted by Gasteiger charge is -2.14. The van der Waals surface area contributed by atoms with Crippen LogP contribution in [-0.4, -0.2) is 45.6 Å². The summed E-state index contributed by atoms with van der Waals surface area (Å²) < 4.78 is 34.5. The van der Waals surface area contributed by atoms with E-state index in [9.17, 15) is 13.0 Å². The number of aryl methyl sites for hydroxylation is 1. The minimum atomic E-state index is -4.35. The number of hydrogen-bond donors (Lipinski definition) is 0. The molecule has 0 heterocycles. The van der Waals surface area contributed by atoms with Crippen LogP contribution in [0.1, 0.15) is 76.7 Å². The predicted molar refractivity (Wildman–Crippen MR) is 114 cm³/mol. The van der Waals surface area contributed by atoms with Crippen molar-refractivity contribution >= 4 is 10.1 Å². The largest absolute Gasteiger partial charge is 0.744 e. The Bertz CT molecular complexity index is 586. The normalized spacial score (nSPS) is 11.8. The van der Waals surface area contributed by atoms with E-state index in [1.165, 1.54) is 57.4 Å². The fraction of sp³-hybridized carbons (Fsp3) is 0.727. The molecular weight excluding hydrogens is 358 g/mol. The Morgan fingerprint density at radius 1 is 0.778 bits per heavy atom. The molecule has 0 saturated carbocycles. The molecule has 4 nitrogen and oxygen atoms in total. The third kappa shape index (κ3) is 17.0. The van der Waals surface area contributed by atoms with Gasteiger partial charge in [0.25, 0.3) is 0 Å². The van der Waals surface area contributed by atoms with Crippen LogP contribution >= 0.6 is 0 Å². The highest BCUT2D eigenvalue weighted by Gasteiger charge is 2.07. The van der Waals surface area contributed by atoms with Crippen LogP contribution in [-0.2, 0) is 16.5 Å². The Labute approximate surface area is 168 Å². The van der Waals surface area contributed by atoms with E-state index < -0.39 is 10.1 Å². The third-order valence-corrected chi connectivity index (χ3v) is 4.98. The molecule has 0 aliphatic heterocycles. The van der Waals surface area contributed by atoms with Gasteiger partial charge in [-0.05, 0) is 24.5 Å². The molecule has 0 radical (unpaired) electrons. The first-order valence-electron chi connectivity index (χ1n) is 10.4. The molecule has 0 spiro atoms. The van der Waals surface area contributed by atoms with Crippen LogP contribution in [0.3, 0.4) is 0 Å². The Hall–Kier alpha value is -0.910. The number of benzene rings is 1. The van der Waals surface area contributed by atoms with Gasteiger partial charge in [-0.3, -0.25) is 0 Å². The highest BCUT2D eigenvalue weighted by molar-refractivity contribution is 7.85. The van der Waals surface area contributed by atoms with E-state index in [-0.39, 0.29) is 4.90 Å². The summed E-state index contributed by atoms with van der Waals surface area (Å²) in [6.07, 6.45) is 13.2.